The standard InChI is InChI=1S/C12H15N3O2/c1-8(7-17-9(2)16)15-12-4-3-10(6-13)5-11(12)14/h3-5,8,15H,7,14H2,1-2H3. The van der Waals surface area contributed by atoms with E-state index in [9.17, 15) is 4.79 Å². The maximum absolute atomic E-state index is 10.6. The zero-order chi connectivity index (χ0) is 12.8. The van der Waals surface area contributed by atoms with Gasteiger partial charge in [-0.3, -0.25) is 4.79 Å². The number of nitrogen functional groups attached to an aromatic ring is 1. The number of nitrogens with one attached hydrogen (secondary N) is 1. The molecule has 0 aromatic heterocycles. The highest BCUT2D eigenvalue weighted by atomic mass is 16.5. The quantitative estimate of drug-likeness (QED) is 0.607. The number of ether oxygens (including phenoxy) is 1. The van der Waals surface area contributed by atoms with Crippen LogP contribution in [0.3, 0.4) is 0 Å². The molecule has 5 nitrogen and oxygen atoms in total. The molecule has 90 valence electrons. The van der Waals surface area contributed by atoms with Gasteiger partial charge in [-0.2, -0.15) is 5.26 Å². The summed E-state index contributed by atoms with van der Waals surface area (Å²) in [6, 6.07) is 6.97. The second-order valence-corrected chi connectivity index (χ2v) is 3.76. The first-order valence-corrected chi connectivity index (χ1v) is 5.22. The molecule has 0 amide bonds. The summed E-state index contributed by atoms with van der Waals surface area (Å²) in [5.41, 5.74) is 7.52. The summed E-state index contributed by atoms with van der Waals surface area (Å²) >= 11 is 0. The number of hydrogen-bond acceptors (Lipinski definition) is 5. The lowest BCUT2D eigenvalue weighted by Gasteiger charge is -2.16. The average Bonchev–Trinajstić information content (AvgIpc) is 2.29. The minimum atomic E-state index is -0.313. The van der Waals surface area contributed by atoms with Crippen molar-refractivity contribution in [2.24, 2.45) is 0 Å². The zero-order valence-corrected chi connectivity index (χ0v) is 9.86. The third-order valence-electron chi connectivity index (χ3n) is 2.12. The fourth-order valence-electron chi connectivity index (χ4n) is 1.31. The maximum Gasteiger partial charge on any atom is 0.302 e. The van der Waals surface area contributed by atoms with Gasteiger partial charge in [-0.1, -0.05) is 0 Å². The number of carbonyl (C=O) groups excluding carboxylic acids is 1. The largest absolute Gasteiger partial charge is 0.464 e. The molecule has 0 fully saturated rings. The highest BCUT2D eigenvalue weighted by Crippen LogP contribution is 2.20. The Morgan fingerprint density at radius 2 is 2.35 bits per heavy atom. The Bertz CT molecular complexity index is 452. The van der Waals surface area contributed by atoms with Gasteiger partial charge in [0.1, 0.15) is 6.61 Å². The molecule has 1 unspecified atom stereocenters. The van der Waals surface area contributed by atoms with Crippen LogP contribution in [0.2, 0.25) is 0 Å². The molecule has 1 rings (SSSR count). The zero-order valence-electron chi connectivity index (χ0n) is 9.86. The van der Waals surface area contributed by atoms with Crippen molar-refractivity contribution in [1.82, 2.24) is 0 Å². The molecule has 0 aliphatic heterocycles. The monoisotopic (exact) mass is 233 g/mol. The van der Waals surface area contributed by atoms with Crippen molar-refractivity contribution in [3.8, 4) is 6.07 Å². The number of rotatable bonds is 4. The van der Waals surface area contributed by atoms with Crippen molar-refractivity contribution in [2.75, 3.05) is 17.7 Å². The molecule has 0 spiro atoms. The lowest BCUT2D eigenvalue weighted by atomic mass is 10.2. The second kappa shape index (κ2) is 5.75. The third kappa shape index (κ3) is 4.03. The Morgan fingerprint density at radius 1 is 1.65 bits per heavy atom. The van der Waals surface area contributed by atoms with Crippen LogP contribution in [0.1, 0.15) is 19.4 Å². The van der Waals surface area contributed by atoms with Gasteiger partial charge in [-0.15, -0.1) is 0 Å². The molecule has 0 saturated heterocycles. The van der Waals surface area contributed by atoms with Crippen LogP contribution in [0.4, 0.5) is 11.4 Å². The highest BCUT2D eigenvalue weighted by molar-refractivity contribution is 5.69. The molecule has 0 saturated carbocycles. The number of nitrogens with zero attached hydrogens (tertiary/aromatic N) is 1. The van der Waals surface area contributed by atoms with E-state index in [1.165, 1.54) is 6.92 Å². The van der Waals surface area contributed by atoms with Crippen molar-refractivity contribution in [3.63, 3.8) is 0 Å². The minimum Gasteiger partial charge on any atom is -0.464 e. The molecule has 0 aliphatic rings. The van der Waals surface area contributed by atoms with E-state index in [0.29, 0.717) is 11.3 Å². The molecule has 0 bridgehead atoms. The molecule has 0 radical (unpaired) electrons. The van der Waals surface area contributed by atoms with Gasteiger partial charge >= 0.3 is 5.97 Å². The lowest BCUT2D eigenvalue weighted by Crippen LogP contribution is -2.23. The number of nitrogens with two attached hydrogens (primary N) is 1. The Hall–Kier alpha value is -2.22. The Labute approximate surface area is 100 Å². The van der Waals surface area contributed by atoms with Crippen LogP contribution < -0.4 is 11.1 Å². The first-order valence-electron chi connectivity index (χ1n) is 5.22. The van der Waals surface area contributed by atoms with E-state index in [4.69, 9.17) is 15.7 Å². The second-order valence-electron chi connectivity index (χ2n) is 3.76. The Balaban J connectivity index is 2.62. The predicted octanol–water partition coefficient (Wildman–Crippen LogP) is 1.50. The van der Waals surface area contributed by atoms with E-state index in [0.717, 1.165) is 5.69 Å². The number of nitriles is 1. The van der Waals surface area contributed by atoms with E-state index in [2.05, 4.69) is 5.32 Å². The molecule has 17 heavy (non-hydrogen) atoms. The van der Waals surface area contributed by atoms with Crippen LogP contribution in [0.25, 0.3) is 0 Å². The van der Waals surface area contributed by atoms with Crippen LogP contribution in [-0.4, -0.2) is 18.6 Å². The Kier molecular flexibility index (Phi) is 4.35. The van der Waals surface area contributed by atoms with Crippen molar-refractivity contribution in [1.29, 1.82) is 5.26 Å². The van der Waals surface area contributed by atoms with E-state index >= 15 is 0 Å². The van der Waals surface area contributed by atoms with E-state index < -0.39 is 0 Å². The first kappa shape index (κ1) is 12.8. The topological polar surface area (TPSA) is 88.1 Å². The highest BCUT2D eigenvalue weighted by Gasteiger charge is 2.06. The minimum absolute atomic E-state index is 0.0471. The molecule has 0 heterocycles. The van der Waals surface area contributed by atoms with Gasteiger partial charge in [-0.05, 0) is 25.1 Å². The molecule has 1 aromatic rings. The number of carbonyl (C=O) groups is 1. The summed E-state index contributed by atoms with van der Waals surface area (Å²) in [5, 5.41) is 11.8. The van der Waals surface area contributed by atoms with E-state index in [-0.39, 0.29) is 18.6 Å². The number of esters is 1. The molecule has 3 N–H and O–H groups in total. The van der Waals surface area contributed by atoms with Crippen LogP contribution >= 0.6 is 0 Å². The fourth-order valence-corrected chi connectivity index (χ4v) is 1.31. The normalized spacial score (nSPS) is 11.4. The third-order valence-corrected chi connectivity index (χ3v) is 2.12. The predicted molar refractivity (Wildman–Crippen MR) is 65.3 cm³/mol. The number of hydrogen-bond donors (Lipinski definition) is 2. The number of anilines is 2. The number of benzene rings is 1. The van der Waals surface area contributed by atoms with Crippen LogP contribution in [-0.2, 0) is 9.53 Å². The van der Waals surface area contributed by atoms with Gasteiger partial charge in [0.15, 0.2) is 0 Å². The van der Waals surface area contributed by atoms with Crippen LogP contribution in [0.5, 0.6) is 0 Å². The summed E-state index contributed by atoms with van der Waals surface area (Å²) in [7, 11) is 0. The molecular weight excluding hydrogens is 218 g/mol. The van der Waals surface area contributed by atoms with Crippen LogP contribution in [0, 0.1) is 11.3 Å². The van der Waals surface area contributed by atoms with Gasteiger partial charge in [0.2, 0.25) is 0 Å². The van der Waals surface area contributed by atoms with Crippen molar-refractivity contribution >= 4 is 17.3 Å². The summed E-state index contributed by atoms with van der Waals surface area (Å²) < 4.78 is 4.87. The van der Waals surface area contributed by atoms with Gasteiger partial charge < -0.3 is 15.8 Å². The lowest BCUT2D eigenvalue weighted by molar-refractivity contribution is -0.141. The molecular formula is C12H15N3O2. The van der Waals surface area contributed by atoms with Gasteiger partial charge in [0, 0.05) is 6.92 Å². The smallest absolute Gasteiger partial charge is 0.302 e. The Morgan fingerprint density at radius 3 is 2.88 bits per heavy atom. The van der Waals surface area contributed by atoms with Crippen molar-refractivity contribution in [3.05, 3.63) is 23.8 Å². The van der Waals surface area contributed by atoms with E-state index in [1.54, 1.807) is 18.2 Å². The summed E-state index contributed by atoms with van der Waals surface area (Å²) in [5.74, 6) is -0.313. The fraction of sp³-hybridized carbons (Fsp3) is 0.333. The van der Waals surface area contributed by atoms with Gasteiger partial charge in [0.05, 0.1) is 29.0 Å². The molecule has 1 aromatic carbocycles. The van der Waals surface area contributed by atoms with Crippen molar-refractivity contribution in [2.45, 2.75) is 19.9 Å². The summed E-state index contributed by atoms with van der Waals surface area (Å²) in [4.78, 5) is 10.6. The van der Waals surface area contributed by atoms with Crippen molar-refractivity contribution < 1.29 is 9.53 Å². The maximum atomic E-state index is 10.6. The molecule has 0 aliphatic carbocycles. The SMILES string of the molecule is CC(=O)OCC(C)Nc1ccc(C#N)cc1N. The van der Waals surface area contributed by atoms with E-state index in [1.807, 2.05) is 13.0 Å². The average molecular weight is 233 g/mol. The van der Waals surface area contributed by atoms with Gasteiger partial charge in [0.25, 0.3) is 0 Å². The first-order chi connectivity index (χ1) is 8.02. The summed E-state index contributed by atoms with van der Waals surface area (Å²) in [6.07, 6.45) is 0. The van der Waals surface area contributed by atoms with Crippen LogP contribution in [0.15, 0.2) is 18.2 Å². The van der Waals surface area contributed by atoms with Gasteiger partial charge in [-0.25, -0.2) is 0 Å². The molecule has 1 atom stereocenters. The molecule has 5 heteroatoms. The summed E-state index contributed by atoms with van der Waals surface area (Å²) in [6.45, 7) is 3.51.